The van der Waals surface area contributed by atoms with Gasteiger partial charge in [0.15, 0.2) is 0 Å². The number of rotatable bonds is 5. The number of hydrogen-bond donors (Lipinski definition) is 2. The molecule has 0 aliphatic heterocycles. The number of anilines is 3. The molecule has 1 aromatic carbocycles. The quantitative estimate of drug-likeness (QED) is 0.883. The van der Waals surface area contributed by atoms with Gasteiger partial charge in [0, 0.05) is 31.2 Å². The van der Waals surface area contributed by atoms with Crippen molar-refractivity contribution >= 4 is 23.2 Å². The Balaban J connectivity index is 2.26. The highest BCUT2D eigenvalue weighted by molar-refractivity contribution is 5.88. The van der Waals surface area contributed by atoms with Crippen molar-refractivity contribution in [3.8, 4) is 0 Å². The zero-order valence-corrected chi connectivity index (χ0v) is 12.4. The summed E-state index contributed by atoms with van der Waals surface area (Å²) >= 11 is 0. The molecular formula is C16H19N3O2. The van der Waals surface area contributed by atoms with Crippen molar-refractivity contribution in [3.63, 3.8) is 0 Å². The van der Waals surface area contributed by atoms with Gasteiger partial charge in [-0.2, -0.15) is 0 Å². The van der Waals surface area contributed by atoms with Gasteiger partial charge in [0.2, 0.25) is 0 Å². The lowest BCUT2D eigenvalue weighted by atomic mass is 10.2. The Labute approximate surface area is 124 Å². The van der Waals surface area contributed by atoms with Gasteiger partial charge in [-0.1, -0.05) is 6.92 Å². The van der Waals surface area contributed by atoms with Crippen LogP contribution in [-0.4, -0.2) is 30.2 Å². The van der Waals surface area contributed by atoms with Gasteiger partial charge in [-0.25, -0.2) is 9.78 Å². The van der Waals surface area contributed by atoms with Gasteiger partial charge in [-0.3, -0.25) is 0 Å². The lowest BCUT2D eigenvalue weighted by Crippen LogP contribution is -2.08. The van der Waals surface area contributed by atoms with E-state index in [0.29, 0.717) is 12.2 Å². The summed E-state index contributed by atoms with van der Waals surface area (Å²) in [5.41, 5.74) is 2.97. The summed E-state index contributed by atoms with van der Waals surface area (Å²) in [6.07, 6.45) is 0.690. The van der Waals surface area contributed by atoms with Crippen molar-refractivity contribution in [2.75, 3.05) is 24.3 Å². The van der Waals surface area contributed by atoms with Gasteiger partial charge < -0.3 is 15.3 Å². The highest BCUT2D eigenvalue weighted by atomic mass is 16.4. The molecule has 0 radical (unpaired) electrons. The highest BCUT2D eigenvalue weighted by Gasteiger charge is 2.08. The van der Waals surface area contributed by atoms with E-state index in [1.54, 1.807) is 12.1 Å². The van der Waals surface area contributed by atoms with E-state index in [1.165, 1.54) is 0 Å². The molecule has 0 saturated carbocycles. The molecule has 0 bridgehead atoms. The van der Waals surface area contributed by atoms with E-state index in [2.05, 4.69) is 10.3 Å². The fourth-order valence-electron chi connectivity index (χ4n) is 1.95. The fraction of sp³-hybridized carbons (Fsp3) is 0.250. The van der Waals surface area contributed by atoms with Gasteiger partial charge in [0.1, 0.15) is 5.82 Å². The number of aryl methyl sites for hydroxylation is 1. The third kappa shape index (κ3) is 3.72. The van der Waals surface area contributed by atoms with Crippen LogP contribution < -0.4 is 10.2 Å². The molecule has 0 aliphatic carbocycles. The van der Waals surface area contributed by atoms with Crippen LogP contribution in [0.5, 0.6) is 0 Å². The third-order valence-corrected chi connectivity index (χ3v) is 3.14. The lowest BCUT2D eigenvalue weighted by molar-refractivity contribution is 0.0696. The van der Waals surface area contributed by atoms with Gasteiger partial charge in [-0.05, 0) is 42.8 Å². The first-order valence-electron chi connectivity index (χ1n) is 6.78. The van der Waals surface area contributed by atoms with Crippen molar-refractivity contribution in [3.05, 3.63) is 47.7 Å². The monoisotopic (exact) mass is 285 g/mol. The van der Waals surface area contributed by atoms with E-state index in [0.717, 1.165) is 17.1 Å². The van der Waals surface area contributed by atoms with E-state index >= 15 is 0 Å². The molecule has 5 nitrogen and oxygen atoms in total. The molecule has 2 N–H and O–H groups in total. The number of carboxylic acid groups (broad SMARTS) is 1. The normalized spacial score (nSPS) is 10.2. The Kier molecular flexibility index (Phi) is 4.42. The van der Waals surface area contributed by atoms with Crippen LogP contribution in [0.25, 0.3) is 0 Å². The lowest BCUT2D eigenvalue weighted by Gasteiger charge is -2.13. The summed E-state index contributed by atoms with van der Waals surface area (Å²) in [6, 6.07) is 11.0. The van der Waals surface area contributed by atoms with Crippen LogP contribution in [0.15, 0.2) is 36.4 Å². The average Bonchev–Trinajstić information content (AvgIpc) is 2.47. The number of pyridine rings is 1. The summed E-state index contributed by atoms with van der Waals surface area (Å²) < 4.78 is 0. The number of carbonyl (C=O) groups is 1. The first-order valence-corrected chi connectivity index (χ1v) is 6.78. The predicted molar refractivity (Wildman–Crippen MR) is 84.6 cm³/mol. The van der Waals surface area contributed by atoms with Crippen LogP contribution in [0.4, 0.5) is 17.2 Å². The number of nitrogens with one attached hydrogen (secondary N) is 1. The van der Waals surface area contributed by atoms with E-state index < -0.39 is 5.97 Å². The second kappa shape index (κ2) is 6.26. The summed E-state index contributed by atoms with van der Waals surface area (Å²) in [5.74, 6) is -0.401. The molecule has 0 amide bonds. The Bertz CT molecular complexity index is 636. The van der Waals surface area contributed by atoms with Crippen LogP contribution in [0, 0.1) is 0 Å². The van der Waals surface area contributed by atoms with Crippen molar-refractivity contribution in [2.24, 2.45) is 0 Å². The van der Waals surface area contributed by atoms with E-state index in [1.807, 2.05) is 50.2 Å². The predicted octanol–water partition coefficient (Wildman–Crippen LogP) is 3.15. The summed E-state index contributed by atoms with van der Waals surface area (Å²) in [5, 5.41) is 12.3. The molecule has 0 atom stereocenters. The molecule has 0 fully saturated rings. The molecule has 21 heavy (non-hydrogen) atoms. The molecule has 0 aliphatic rings. The second-order valence-corrected chi connectivity index (χ2v) is 4.96. The average molecular weight is 285 g/mol. The minimum atomic E-state index is -0.946. The summed E-state index contributed by atoms with van der Waals surface area (Å²) in [6.45, 7) is 1.95. The molecule has 0 spiro atoms. The number of aromatic carboxylic acids is 1. The van der Waals surface area contributed by atoms with Gasteiger partial charge >= 0.3 is 5.97 Å². The minimum Gasteiger partial charge on any atom is -0.478 e. The smallest absolute Gasteiger partial charge is 0.335 e. The maximum absolute atomic E-state index is 11.1. The Morgan fingerprint density at radius 3 is 2.43 bits per heavy atom. The van der Waals surface area contributed by atoms with E-state index in [9.17, 15) is 4.79 Å². The number of carboxylic acids is 1. The molecular weight excluding hydrogens is 266 g/mol. The van der Waals surface area contributed by atoms with E-state index in [4.69, 9.17) is 5.11 Å². The SMILES string of the molecule is CCc1cc(C(=O)O)cc(Nc2ccc(N(C)C)cc2)n1. The molecule has 1 aromatic heterocycles. The van der Waals surface area contributed by atoms with Crippen molar-refractivity contribution in [1.82, 2.24) is 4.98 Å². The van der Waals surface area contributed by atoms with Gasteiger partial charge in [-0.15, -0.1) is 0 Å². The topological polar surface area (TPSA) is 65.5 Å². The third-order valence-electron chi connectivity index (χ3n) is 3.14. The molecule has 2 aromatic rings. The van der Waals surface area contributed by atoms with Gasteiger partial charge in [0.05, 0.1) is 5.56 Å². The maximum Gasteiger partial charge on any atom is 0.335 e. The summed E-state index contributed by atoms with van der Waals surface area (Å²) in [7, 11) is 3.96. The summed E-state index contributed by atoms with van der Waals surface area (Å²) in [4.78, 5) is 17.6. The first-order chi connectivity index (χ1) is 9.99. The zero-order valence-electron chi connectivity index (χ0n) is 12.4. The Morgan fingerprint density at radius 1 is 1.24 bits per heavy atom. The minimum absolute atomic E-state index is 0.245. The first kappa shape index (κ1) is 14.8. The van der Waals surface area contributed by atoms with Crippen molar-refractivity contribution in [1.29, 1.82) is 0 Å². The standard InChI is InChI=1S/C16H19N3O2/c1-4-12-9-11(16(20)21)10-15(17-12)18-13-5-7-14(8-6-13)19(2)3/h5-10H,4H2,1-3H3,(H,17,18)(H,20,21). The largest absolute Gasteiger partial charge is 0.478 e. The number of benzene rings is 1. The van der Waals surface area contributed by atoms with Crippen molar-refractivity contribution < 1.29 is 9.90 Å². The number of hydrogen-bond acceptors (Lipinski definition) is 4. The van der Waals surface area contributed by atoms with Crippen LogP contribution in [-0.2, 0) is 6.42 Å². The van der Waals surface area contributed by atoms with Crippen LogP contribution in [0.3, 0.4) is 0 Å². The molecule has 110 valence electrons. The Hall–Kier alpha value is -2.56. The molecule has 0 unspecified atom stereocenters. The zero-order chi connectivity index (χ0) is 15.4. The van der Waals surface area contributed by atoms with Crippen LogP contribution in [0.2, 0.25) is 0 Å². The molecule has 5 heteroatoms. The maximum atomic E-state index is 11.1. The molecule has 0 saturated heterocycles. The highest BCUT2D eigenvalue weighted by Crippen LogP contribution is 2.20. The second-order valence-electron chi connectivity index (χ2n) is 4.96. The van der Waals surface area contributed by atoms with Crippen LogP contribution >= 0.6 is 0 Å². The molecule has 1 heterocycles. The Morgan fingerprint density at radius 2 is 1.90 bits per heavy atom. The molecule has 2 rings (SSSR count). The fourth-order valence-corrected chi connectivity index (χ4v) is 1.95. The van der Waals surface area contributed by atoms with E-state index in [-0.39, 0.29) is 5.56 Å². The van der Waals surface area contributed by atoms with Crippen molar-refractivity contribution in [2.45, 2.75) is 13.3 Å². The van der Waals surface area contributed by atoms with Gasteiger partial charge in [0.25, 0.3) is 0 Å². The number of nitrogens with zero attached hydrogens (tertiary/aromatic N) is 2. The van der Waals surface area contributed by atoms with Crippen LogP contribution in [0.1, 0.15) is 23.0 Å². The number of aromatic nitrogens is 1.